The number of benzene rings is 2. The second-order valence-corrected chi connectivity index (χ2v) is 7.50. The van der Waals surface area contributed by atoms with Gasteiger partial charge >= 0.3 is 5.97 Å². The van der Waals surface area contributed by atoms with Crippen molar-refractivity contribution in [3.05, 3.63) is 53.1 Å². The van der Waals surface area contributed by atoms with Gasteiger partial charge in [0.25, 0.3) is 0 Å². The maximum atomic E-state index is 11.9. The van der Waals surface area contributed by atoms with Gasteiger partial charge in [-0.15, -0.1) is 0 Å². The summed E-state index contributed by atoms with van der Waals surface area (Å²) in [5.41, 5.74) is 2.16. The van der Waals surface area contributed by atoms with Crippen LogP contribution < -0.4 is 4.90 Å². The summed E-state index contributed by atoms with van der Waals surface area (Å²) in [7, 11) is 0. The van der Waals surface area contributed by atoms with Crippen molar-refractivity contribution >= 4 is 35.0 Å². The van der Waals surface area contributed by atoms with Crippen molar-refractivity contribution in [3.8, 4) is 0 Å². The lowest BCUT2D eigenvalue weighted by molar-refractivity contribution is -0.143. The van der Waals surface area contributed by atoms with Gasteiger partial charge in [-0.1, -0.05) is 41.6 Å². The van der Waals surface area contributed by atoms with Crippen molar-refractivity contribution in [3.63, 3.8) is 0 Å². The van der Waals surface area contributed by atoms with E-state index in [9.17, 15) is 9.90 Å². The molecule has 0 radical (unpaired) electrons. The van der Waals surface area contributed by atoms with E-state index in [-0.39, 0.29) is 6.04 Å². The molecule has 2 aliphatic heterocycles. The van der Waals surface area contributed by atoms with Crippen LogP contribution in [0.5, 0.6) is 0 Å². The van der Waals surface area contributed by atoms with E-state index in [2.05, 4.69) is 17.0 Å². The molecule has 0 aliphatic carbocycles. The highest BCUT2D eigenvalue weighted by Gasteiger charge is 2.40. The Morgan fingerprint density at radius 2 is 2.04 bits per heavy atom. The van der Waals surface area contributed by atoms with Gasteiger partial charge < -0.3 is 10.0 Å². The molecule has 0 bridgehead atoms. The molecule has 2 atom stereocenters. The summed E-state index contributed by atoms with van der Waals surface area (Å²) in [6.07, 6.45) is 1.59. The summed E-state index contributed by atoms with van der Waals surface area (Å²) in [6, 6.07) is 13.9. The molecule has 2 aliphatic rings. The third-order valence-electron chi connectivity index (χ3n) is 4.64. The molecule has 118 valence electrons. The Bertz CT molecular complexity index is 779. The van der Waals surface area contributed by atoms with Gasteiger partial charge in [-0.3, -0.25) is 4.79 Å². The van der Waals surface area contributed by atoms with Crippen LogP contribution in [-0.2, 0) is 4.79 Å². The molecule has 1 fully saturated rings. The first-order chi connectivity index (χ1) is 11.1. The molecular weight excluding hydrogens is 330 g/mol. The van der Waals surface area contributed by atoms with E-state index in [4.69, 9.17) is 11.6 Å². The van der Waals surface area contributed by atoms with Crippen LogP contribution in [0.4, 0.5) is 5.69 Å². The fourth-order valence-electron chi connectivity index (χ4n) is 3.65. The lowest BCUT2D eigenvalue weighted by Gasteiger charge is -2.41. The lowest BCUT2D eigenvalue weighted by Crippen LogP contribution is -2.42. The van der Waals surface area contributed by atoms with Crippen molar-refractivity contribution in [1.29, 1.82) is 0 Å². The molecule has 2 aromatic rings. The van der Waals surface area contributed by atoms with Gasteiger partial charge in [0.2, 0.25) is 0 Å². The summed E-state index contributed by atoms with van der Waals surface area (Å²) < 4.78 is 0. The van der Waals surface area contributed by atoms with E-state index in [1.54, 1.807) is 11.8 Å². The number of carboxylic acid groups (broad SMARTS) is 1. The largest absolute Gasteiger partial charge is 0.481 e. The van der Waals surface area contributed by atoms with Crippen LogP contribution in [-0.4, -0.2) is 17.6 Å². The normalized spacial score (nSPS) is 22.6. The van der Waals surface area contributed by atoms with Crippen LogP contribution in [0.15, 0.2) is 52.3 Å². The fraction of sp³-hybridized carbons (Fsp3) is 0.278. The second kappa shape index (κ2) is 5.77. The zero-order chi connectivity index (χ0) is 16.0. The molecular formula is C18H16ClNO2S. The number of rotatable bonds is 1. The second-order valence-electron chi connectivity index (χ2n) is 5.98. The minimum Gasteiger partial charge on any atom is -0.481 e. The first kappa shape index (κ1) is 14.9. The summed E-state index contributed by atoms with van der Waals surface area (Å²) in [5.74, 6) is -1.11. The van der Waals surface area contributed by atoms with E-state index >= 15 is 0 Å². The topological polar surface area (TPSA) is 40.5 Å². The van der Waals surface area contributed by atoms with Crippen molar-refractivity contribution in [2.24, 2.45) is 5.92 Å². The first-order valence-corrected chi connectivity index (χ1v) is 8.90. The molecule has 0 amide bonds. The molecule has 1 N–H and O–H groups in total. The average molecular weight is 346 g/mol. The predicted octanol–water partition coefficient (Wildman–Crippen LogP) is 4.85. The average Bonchev–Trinajstić information content (AvgIpc) is 2.69. The smallest absolute Gasteiger partial charge is 0.308 e. The molecule has 1 saturated heterocycles. The highest BCUT2D eigenvalue weighted by molar-refractivity contribution is 7.99. The summed E-state index contributed by atoms with van der Waals surface area (Å²) in [6.45, 7) is 0.858. The maximum absolute atomic E-state index is 11.9. The molecule has 23 heavy (non-hydrogen) atoms. The maximum Gasteiger partial charge on any atom is 0.308 e. The van der Waals surface area contributed by atoms with Crippen LogP contribution in [0.3, 0.4) is 0 Å². The van der Waals surface area contributed by atoms with E-state index < -0.39 is 11.9 Å². The Kier molecular flexibility index (Phi) is 3.74. The van der Waals surface area contributed by atoms with Crippen LogP contribution in [0, 0.1) is 5.92 Å². The number of hydrogen-bond donors (Lipinski definition) is 1. The van der Waals surface area contributed by atoms with Gasteiger partial charge in [-0.05, 0) is 42.7 Å². The Labute approximate surface area is 144 Å². The van der Waals surface area contributed by atoms with E-state index in [1.165, 1.54) is 0 Å². The third kappa shape index (κ3) is 2.50. The van der Waals surface area contributed by atoms with Crippen molar-refractivity contribution < 1.29 is 9.90 Å². The number of carboxylic acids is 1. The van der Waals surface area contributed by atoms with Crippen molar-refractivity contribution in [1.82, 2.24) is 0 Å². The molecule has 2 aromatic carbocycles. The standard InChI is InChI=1S/C18H16ClNO2S/c19-11-7-8-16-14(10-11)20-9-3-5-13(18(21)22)17(20)12-4-1-2-6-15(12)23-16/h1-2,4,6-8,10,13,17H,3,5,9H2,(H,21,22)/t13-,17-/m0/s1. The van der Waals surface area contributed by atoms with Gasteiger partial charge in [0.1, 0.15) is 0 Å². The van der Waals surface area contributed by atoms with Gasteiger partial charge in [-0.2, -0.15) is 0 Å². The zero-order valence-electron chi connectivity index (χ0n) is 12.4. The molecule has 3 nitrogen and oxygen atoms in total. The highest BCUT2D eigenvalue weighted by atomic mass is 35.5. The highest BCUT2D eigenvalue weighted by Crippen LogP contribution is 2.50. The summed E-state index contributed by atoms with van der Waals surface area (Å²) >= 11 is 7.92. The van der Waals surface area contributed by atoms with Gasteiger partial charge in [0, 0.05) is 21.4 Å². The van der Waals surface area contributed by atoms with Crippen LogP contribution >= 0.6 is 23.4 Å². The minimum absolute atomic E-state index is 0.135. The molecule has 0 aromatic heterocycles. The Morgan fingerprint density at radius 3 is 2.87 bits per heavy atom. The Balaban J connectivity index is 1.95. The number of halogens is 1. The predicted molar refractivity (Wildman–Crippen MR) is 92.5 cm³/mol. The number of anilines is 1. The Morgan fingerprint density at radius 1 is 1.22 bits per heavy atom. The number of carbonyl (C=O) groups is 1. The van der Waals surface area contributed by atoms with E-state index in [1.807, 2.05) is 30.3 Å². The van der Waals surface area contributed by atoms with Crippen LogP contribution in [0.25, 0.3) is 0 Å². The molecule has 0 spiro atoms. The monoisotopic (exact) mass is 345 g/mol. The minimum atomic E-state index is -0.718. The van der Waals surface area contributed by atoms with Crippen molar-refractivity contribution in [2.45, 2.75) is 28.7 Å². The molecule has 4 rings (SSSR count). The van der Waals surface area contributed by atoms with E-state index in [0.717, 1.165) is 34.0 Å². The number of fused-ring (bicyclic) bond motifs is 5. The van der Waals surface area contributed by atoms with Crippen molar-refractivity contribution in [2.75, 3.05) is 11.4 Å². The van der Waals surface area contributed by atoms with Gasteiger partial charge in [-0.25, -0.2) is 0 Å². The quantitative estimate of drug-likeness (QED) is 0.802. The van der Waals surface area contributed by atoms with Gasteiger partial charge in [0.05, 0.1) is 17.6 Å². The van der Waals surface area contributed by atoms with Crippen LogP contribution in [0.2, 0.25) is 5.02 Å². The summed E-state index contributed by atoms with van der Waals surface area (Å²) in [5, 5.41) is 10.4. The molecule has 0 unspecified atom stereocenters. The number of piperidine rings is 1. The molecule has 5 heteroatoms. The SMILES string of the molecule is O=C(O)[C@H]1CCCN2c3cc(Cl)ccc3Sc3ccccc3[C@@H]12. The fourth-order valence-corrected chi connectivity index (χ4v) is 4.92. The Hall–Kier alpha value is -1.65. The van der Waals surface area contributed by atoms with E-state index in [0.29, 0.717) is 11.4 Å². The lowest BCUT2D eigenvalue weighted by atomic mass is 9.84. The van der Waals surface area contributed by atoms with Crippen LogP contribution in [0.1, 0.15) is 24.4 Å². The summed E-state index contributed by atoms with van der Waals surface area (Å²) in [4.78, 5) is 16.4. The molecule has 2 heterocycles. The molecule has 0 saturated carbocycles. The zero-order valence-corrected chi connectivity index (χ0v) is 14.0. The first-order valence-electron chi connectivity index (χ1n) is 7.71. The number of nitrogens with zero attached hydrogens (tertiary/aromatic N) is 1. The number of hydrogen-bond acceptors (Lipinski definition) is 3. The van der Waals surface area contributed by atoms with Gasteiger partial charge in [0.15, 0.2) is 0 Å². The third-order valence-corrected chi connectivity index (χ3v) is 6.03. The number of aliphatic carboxylic acids is 1.